The maximum Gasteiger partial charge on any atom is 0.264 e. The maximum atomic E-state index is 13.5. The molecule has 0 radical (unpaired) electrons. The molecule has 0 saturated carbocycles. The third-order valence-electron chi connectivity index (χ3n) is 5.98. The summed E-state index contributed by atoms with van der Waals surface area (Å²) < 4.78 is 0. The molecule has 2 fully saturated rings. The Hall–Kier alpha value is -3.49. The fourth-order valence-corrected chi connectivity index (χ4v) is 4.22. The molecule has 2 aliphatic heterocycles. The quantitative estimate of drug-likeness (QED) is 0.536. The summed E-state index contributed by atoms with van der Waals surface area (Å²) in [5.74, 6) is -1.11. The molecule has 1 aromatic carbocycles. The van der Waals surface area contributed by atoms with E-state index in [1.54, 1.807) is 5.01 Å². The Balaban J connectivity index is 1.71. The normalized spacial score (nSPS) is 21.5. The van der Waals surface area contributed by atoms with Crippen LogP contribution >= 0.6 is 0 Å². The number of aldehydes is 2. The summed E-state index contributed by atoms with van der Waals surface area (Å²) in [4.78, 5) is 60.9. The highest BCUT2D eigenvalue weighted by atomic mass is 16.2. The maximum absolute atomic E-state index is 13.5. The monoisotopic (exact) mass is 454 g/mol. The van der Waals surface area contributed by atoms with Crippen molar-refractivity contribution in [3.05, 3.63) is 48.2 Å². The van der Waals surface area contributed by atoms with Gasteiger partial charge in [-0.05, 0) is 37.7 Å². The molecule has 2 N–H and O–H groups in total. The fourth-order valence-electron chi connectivity index (χ4n) is 4.22. The molecule has 0 aromatic heterocycles. The van der Waals surface area contributed by atoms with Gasteiger partial charge in [0.15, 0.2) is 0 Å². The first-order valence-corrected chi connectivity index (χ1v) is 11.3. The number of rotatable bonds is 9. The minimum Gasteiger partial charge on any atom is -0.344 e. The summed E-state index contributed by atoms with van der Waals surface area (Å²) in [6, 6.07) is 7.05. The number of nitrogens with zero attached hydrogens (tertiary/aromatic N) is 2. The molecule has 9 heteroatoms. The average molecular weight is 455 g/mol. The second-order valence-electron chi connectivity index (χ2n) is 8.33. The summed E-state index contributed by atoms with van der Waals surface area (Å²) in [6.07, 6.45) is 3.70. The van der Waals surface area contributed by atoms with Crippen LogP contribution in [0.15, 0.2) is 42.6 Å². The minimum absolute atomic E-state index is 0.133. The van der Waals surface area contributed by atoms with E-state index >= 15 is 0 Å². The molecule has 3 atom stereocenters. The largest absolute Gasteiger partial charge is 0.344 e. The number of amides is 3. The fraction of sp³-hybridized carbons (Fsp3) is 0.458. The number of aryl methyl sites for hydroxylation is 1. The summed E-state index contributed by atoms with van der Waals surface area (Å²) in [7, 11) is 0. The summed E-state index contributed by atoms with van der Waals surface area (Å²) >= 11 is 0. The van der Waals surface area contributed by atoms with Gasteiger partial charge >= 0.3 is 0 Å². The first-order chi connectivity index (χ1) is 15.9. The van der Waals surface area contributed by atoms with E-state index in [1.807, 2.05) is 30.3 Å². The van der Waals surface area contributed by atoms with Gasteiger partial charge in [-0.15, -0.1) is 0 Å². The second-order valence-corrected chi connectivity index (χ2v) is 8.33. The number of carbonyl (C=O) groups excluding carboxylic acids is 5. The van der Waals surface area contributed by atoms with Crippen molar-refractivity contribution in [1.29, 1.82) is 0 Å². The standard InChI is InChI=1S/C24H30N4O5/c1-17-9-11-20(26-22(31)12-10-18-6-3-2-4-7-18)24(33)28-21(8-5-14-27(17)28)23(32)25-19(16-30)13-15-29/h2-4,6-7,15-16,19-21H,1,5,8-14H2,(H,25,32)(H,26,31)/t19-,20-,21-/m0/s1. The predicted molar refractivity (Wildman–Crippen MR) is 120 cm³/mol. The van der Waals surface area contributed by atoms with Crippen LogP contribution < -0.4 is 10.6 Å². The van der Waals surface area contributed by atoms with Crippen LogP contribution in [-0.2, 0) is 30.4 Å². The Morgan fingerprint density at radius 1 is 1.18 bits per heavy atom. The molecule has 0 bridgehead atoms. The van der Waals surface area contributed by atoms with Gasteiger partial charge in [0.05, 0.1) is 6.04 Å². The lowest BCUT2D eigenvalue weighted by atomic mass is 10.0. The molecule has 33 heavy (non-hydrogen) atoms. The summed E-state index contributed by atoms with van der Waals surface area (Å²) in [5, 5.41) is 8.46. The van der Waals surface area contributed by atoms with E-state index in [-0.39, 0.29) is 24.7 Å². The van der Waals surface area contributed by atoms with Gasteiger partial charge in [-0.2, -0.15) is 0 Å². The Morgan fingerprint density at radius 2 is 1.94 bits per heavy atom. The van der Waals surface area contributed by atoms with E-state index in [0.29, 0.717) is 56.9 Å². The number of allylic oxidation sites excluding steroid dienone is 1. The summed E-state index contributed by atoms with van der Waals surface area (Å²) in [6.45, 7) is 4.60. The zero-order valence-electron chi connectivity index (χ0n) is 18.6. The Morgan fingerprint density at radius 3 is 2.64 bits per heavy atom. The molecule has 0 unspecified atom stereocenters. The van der Waals surface area contributed by atoms with Gasteiger partial charge in [0.25, 0.3) is 5.91 Å². The number of hydrogen-bond donors (Lipinski definition) is 2. The number of carbonyl (C=O) groups is 5. The van der Waals surface area contributed by atoms with E-state index in [0.717, 1.165) is 5.56 Å². The van der Waals surface area contributed by atoms with E-state index < -0.39 is 24.0 Å². The van der Waals surface area contributed by atoms with Gasteiger partial charge in [0.2, 0.25) is 11.8 Å². The lowest BCUT2D eigenvalue weighted by Gasteiger charge is -2.45. The van der Waals surface area contributed by atoms with Gasteiger partial charge < -0.3 is 20.2 Å². The van der Waals surface area contributed by atoms with Crippen molar-refractivity contribution in [3.8, 4) is 0 Å². The Labute approximate surface area is 193 Å². The van der Waals surface area contributed by atoms with E-state index in [1.165, 1.54) is 5.01 Å². The van der Waals surface area contributed by atoms with Gasteiger partial charge in [0.1, 0.15) is 24.7 Å². The van der Waals surface area contributed by atoms with Crippen molar-refractivity contribution in [2.24, 2.45) is 0 Å². The molecule has 9 nitrogen and oxygen atoms in total. The molecule has 176 valence electrons. The zero-order valence-corrected chi connectivity index (χ0v) is 18.6. The third kappa shape index (κ3) is 6.06. The van der Waals surface area contributed by atoms with Crippen LogP contribution in [0.4, 0.5) is 0 Å². The highest BCUT2D eigenvalue weighted by molar-refractivity contribution is 5.93. The van der Waals surface area contributed by atoms with Crippen LogP contribution in [0.2, 0.25) is 0 Å². The van der Waals surface area contributed by atoms with Crippen molar-refractivity contribution >= 4 is 30.3 Å². The zero-order chi connectivity index (χ0) is 23.8. The van der Waals surface area contributed by atoms with Crippen molar-refractivity contribution in [3.63, 3.8) is 0 Å². The smallest absolute Gasteiger partial charge is 0.264 e. The lowest BCUT2D eigenvalue weighted by Crippen LogP contribution is -2.63. The van der Waals surface area contributed by atoms with Crippen molar-refractivity contribution < 1.29 is 24.0 Å². The van der Waals surface area contributed by atoms with Gasteiger partial charge in [-0.25, -0.2) is 5.01 Å². The highest BCUT2D eigenvalue weighted by Crippen LogP contribution is 2.29. The Bertz CT molecular complexity index is 903. The topological polar surface area (TPSA) is 116 Å². The molecule has 2 aliphatic rings. The molecule has 0 aliphatic carbocycles. The Kier molecular flexibility index (Phi) is 8.34. The third-order valence-corrected chi connectivity index (χ3v) is 5.98. The van der Waals surface area contributed by atoms with E-state index in [4.69, 9.17) is 0 Å². The molecule has 2 saturated heterocycles. The number of fused-ring (bicyclic) bond motifs is 1. The van der Waals surface area contributed by atoms with Crippen LogP contribution in [0, 0.1) is 0 Å². The van der Waals surface area contributed by atoms with E-state index in [9.17, 15) is 24.0 Å². The lowest BCUT2D eigenvalue weighted by molar-refractivity contribution is -0.164. The molecular weight excluding hydrogens is 424 g/mol. The molecule has 1 aromatic rings. The highest BCUT2D eigenvalue weighted by Gasteiger charge is 2.43. The van der Waals surface area contributed by atoms with Crippen LogP contribution in [0.25, 0.3) is 0 Å². The number of hydrazine groups is 1. The van der Waals surface area contributed by atoms with Gasteiger partial charge in [-0.3, -0.25) is 19.4 Å². The SMILES string of the molecule is C=C1CC[C@H](NC(=O)CCc2ccccc2)C(=O)N2[C@H](C(=O)N[C@H](C=O)CC=O)CCCN12. The second kappa shape index (κ2) is 11.4. The molecule has 3 rings (SSSR count). The van der Waals surface area contributed by atoms with Crippen LogP contribution in [-0.4, -0.2) is 65.0 Å². The number of hydrogen-bond acceptors (Lipinski definition) is 6. The van der Waals surface area contributed by atoms with Crippen LogP contribution in [0.3, 0.4) is 0 Å². The van der Waals surface area contributed by atoms with Gasteiger partial charge in [0, 0.05) is 25.1 Å². The minimum atomic E-state index is -0.941. The predicted octanol–water partition coefficient (Wildman–Crippen LogP) is 0.892. The number of nitrogens with one attached hydrogen (secondary N) is 2. The first-order valence-electron chi connectivity index (χ1n) is 11.3. The first kappa shape index (κ1) is 24.2. The molecule has 2 heterocycles. The van der Waals surface area contributed by atoms with Gasteiger partial charge in [-0.1, -0.05) is 36.9 Å². The van der Waals surface area contributed by atoms with Crippen molar-refractivity contribution in [1.82, 2.24) is 20.7 Å². The summed E-state index contributed by atoms with van der Waals surface area (Å²) in [5.41, 5.74) is 1.73. The molecule has 0 spiro atoms. The van der Waals surface area contributed by atoms with Crippen molar-refractivity contribution in [2.45, 2.75) is 63.1 Å². The molecular formula is C24H30N4O5. The molecule has 3 amide bonds. The van der Waals surface area contributed by atoms with E-state index in [2.05, 4.69) is 17.2 Å². The van der Waals surface area contributed by atoms with Crippen LogP contribution in [0.1, 0.15) is 44.1 Å². The number of benzene rings is 1. The van der Waals surface area contributed by atoms with Crippen LogP contribution in [0.5, 0.6) is 0 Å². The average Bonchev–Trinajstić information content (AvgIpc) is 2.95. The van der Waals surface area contributed by atoms with Crippen molar-refractivity contribution in [2.75, 3.05) is 6.54 Å².